The van der Waals surface area contributed by atoms with Crippen LogP contribution in [-0.2, 0) is 17.8 Å². The van der Waals surface area contributed by atoms with E-state index in [1.54, 1.807) is 0 Å². The van der Waals surface area contributed by atoms with Crippen molar-refractivity contribution in [2.75, 3.05) is 52.4 Å². The minimum absolute atomic E-state index is 0.0272. The van der Waals surface area contributed by atoms with E-state index in [1.165, 1.54) is 4.90 Å². The molecule has 10 heteroatoms. The summed E-state index contributed by atoms with van der Waals surface area (Å²) in [7, 11) is 0. The molecule has 2 aliphatic heterocycles. The van der Waals surface area contributed by atoms with Crippen molar-refractivity contribution in [3.63, 3.8) is 0 Å². The summed E-state index contributed by atoms with van der Waals surface area (Å²) in [5.74, 6) is 2.50. The Balaban J connectivity index is 0.000000772. The van der Waals surface area contributed by atoms with E-state index in [0.717, 1.165) is 33.8 Å². The summed E-state index contributed by atoms with van der Waals surface area (Å²) >= 11 is 0. The first-order valence-electron chi connectivity index (χ1n) is 18.9. The first-order chi connectivity index (χ1) is 24.2. The number of benzene rings is 2. The second-order valence-corrected chi connectivity index (χ2v) is 16.5. The van der Waals surface area contributed by atoms with E-state index in [0.29, 0.717) is 52.4 Å². The fourth-order valence-corrected chi connectivity index (χ4v) is 4.68. The molecule has 2 aromatic rings. The zero-order chi connectivity index (χ0) is 39.9. The minimum Gasteiger partial charge on any atom is -0.465 e. The van der Waals surface area contributed by atoms with Crippen molar-refractivity contribution < 1.29 is 28.2 Å². The molecule has 2 fully saturated rings. The second kappa shape index (κ2) is 26.5. The molecule has 2 aromatic carbocycles. The summed E-state index contributed by atoms with van der Waals surface area (Å²) in [5, 5.41) is 8.90. The van der Waals surface area contributed by atoms with Crippen LogP contribution < -0.4 is 0 Å². The third kappa shape index (κ3) is 27.4. The number of alkyl halides is 2. The van der Waals surface area contributed by atoms with Crippen LogP contribution in [0.1, 0.15) is 94.2 Å². The van der Waals surface area contributed by atoms with Gasteiger partial charge in [-0.05, 0) is 49.7 Å². The van der Waals surface area contributed by atoms with Crippen LogP contribution in [0.25, 0.3) is 0 Å². The maximum atomic E-state index is 14.1. The van der Waals surface area contributed by atoms with Gasteiger partial charge in [0, 0.05) is 52.4 Å². The van der Waals surface area contributed by atoms with Crippen LogP contribution in [0.4, 0.5) is 18.4 Å². The Morgan fingerprint density at radius 1 is 0.635 bits per heavy atom. The van der Waals surface area contributed by atoms with E-state index in [4.69, 9.17) is 9.84 Å². The van der Waals surface area contributed by atoms with Crippen LogP contribution in [0.2, 0.25) is 0 Å². The highest BCUT2D eigenvalue weighted by Crippen LogP contribution is 2.15. The van der Waals surface area contributed by atoms with Gasteiger partial charge >= 0.3 is 12.2 Å². The van der Waals surface area contributed by atoms with E-state index in [1.807, 2.05) is 91.2 Å². The van der Waals surface area contributed by atoms with Gasteiger partial charge in [-0.15, -0.1) is 0 Å². The van der Waals surface area contributed by atoms with Gasteiger partial charge in [0.05, 0.1) is 13.1 Å². The number of hydrogen-bond donors (Lipinski definition) is 1. The number of rotatable bonds is 4. The van der Waals surface area contributed by atoms with E-state index >= 15 is 0 Å². The number of hydrogen-bond acceptors (Lipinski definition) is 5. The number of halogens is 2. The zero-order valence-corrected chi connectivity index (χ0v) is 34.4. The summed E-state index contributed by atoms with van der Waals surface area (Å²) in [6, 6.07) is 19.8. The number of carboxylic acid groups (broad SMARTS) is 1. The lowest BCUT2D eigenvalue weighted by molar-refractivity contribution is 0.0228. The predicted molar refractivity (Wildman–Crippen MR) is 212 cm³/mol. The van der Waals surface area contributed by atoms with Crippen molar-refractivity contribution >= 4 is 12.2 Å². The van der Waals surface area contributed by atoms with Gasteiger partial charge in [-0.1, -0.05) is 123 Å². The average Bonchev–Trinajstić information content (AvgIpc) is 3.31. The monoisotopic (exact) mass is 735 g/mol. The summed E-state index contributed by atoms with van der Waals surface area (Å²) in [5.41, 5.74) is 1.72. The average molecular weight is 735 g/mol. The van der Waals surface area contributed by atoms with E-state index in [9.17, 15) is 18.4 Å². The highest BCUT2D eigenvalue weighted by molar-refractivity contribution is 5.68. The number of carbonyl (C=O) groups is 2. The lowest BCUT2D eigenvalue weighted by Gasteiger charge is -2.26. The Bertz CT molecular complexity index is 1170. The van der Waals surface area contributed by atoms with Gasteiger partial charge in [-0.25, -0.2) is 18.4 Å². The van der Waals surface area contributed by atoms with Gasteiger partial charge < -0.3 is 19.6 Å². The summed E-state index contributed by atoms with van der Waals surface area (Å²) < 4.78 is 33.1. The van der Waals surface area contributed by atoms with Crippen molar-refractivity contribution in [2.45, 2.75) is 114 Å². The zero-order valence-electron chi connectivity index (χ0n) is 34.4. The van der Waals surface area contributed by atoms with Crippen LogP contribution in [0.5, 0.6) is 0 Å². The Hall–Kier alpha value is -3.24. The normalized spacial score (nSPS) is 18.2. The highest BCUT2D eigenvalue weighted by atomic mass is 19.1. The van der Waals surface area contributed by atoms with Crippen LogP contribution in [0.15, 0.2) is 60.7 Å². The van der Waals surface area contributed by atoms with E-state index < -0.39 is 30.1 Å². The molecule has 0 spiro atoms. The number of ether oxygens (including phenoxy) is 1. The molecule has 0 bridgehead atoms. The summed E-state index contributed by atoms with van der Waals surface area (Å²) in [4.78, 5) is 29.6. The van der Waals surface area contributed by atoms with E-state index in [2.05, 4.69) is 62.3 Å². The predicted octanol–water partition coefficient (Wildman–Crippen LogP) is 9.88. The van der Waals surface area contributed by atoms with Crippen molar-refractivity contribution in [1.29, 1.82) is 0 Å². The lowest BCUT2D eigenvalue weighted by atomic mass is 10.2. The molecule has 2 heterocycles. The Labute approximate surface area is 315 Å². The minimum atomic E-state index is -1.12. The molecule has 2 unspecified atom stereocenters. The molecule has 8 nitrogen and oxygen atoms in total. The summed E-state index contributed by atoms with van der Waals surface area (Å²) in [6.45, 7) is 29.1. The Morgan fingerprint density at radius 2 is 0.962 bits per heavy atom. The summed E-state index contributed by atoms with van der Waals surface area (Å²) in [6.07, 6.45) is -3.65. The van der Waals surface area contributed by atoms with Gasteiger partial charge in [-0.3, -0.25) is 9.80 Å². The van der Waals surface area contributed by atoms with Gasteiger partial charge in [0.2, 0.25) is 0 Å². The Morgan fingerprint density at radius 3 is 1.29 bits per heavy atom. The van der Waals surface area contributed by atoms with Crippen molar-refractivity contribution in [2.24, 2.45) is 17.8 Å². The molecular formula is C42H72F2N4O4. The molecule has 2 aliphatic rings. The van der Waals surface area contributed by atoms with Crippen molar-refractivity contribution in [3.05, 3.63) is 71.8 Å². The van der Waals surface area contributed by atoms with Crippen LogP contribution in [0.3, 0.4) is 0 Å². The molecule has 298 valence electrons. The molecule has 0 aromatic heterocycles. The second-order valence-electron chi connectivity index (χ2n) is 16.5. The number of amides is 2. The smallest absolute Gasteiger partial charge is 0.410 e. The van der Waals surface area contributed by atoms with Gasteiger partial charge in [0.1, 0.15) is 17.9 Å². The number of carbonyl (C=O) groups excluding carboxylic acids is 1. The third-order valence-corrected chi connectivity index (χ3v) is 6.54. The molecule has 2 saturated heterocycles. The first kappa shape index (κ1) is 48.8. The molecule has 52 heavy (non-hydrogen) atoms. The fraction of sp³-hybridized carbons (Fsp3) is 0.667. The quantitative estimate of drug-likeness (QED) is 0.337. The Kier molecular flexibility index (Phi) is 24.9. The molecule has 4 rings (SSSR count). The maximum absolute atomic E-state index is 14.1. The largest absolute Gasteiger partial charge is 0.465 e. The molecule has 1 N–H and O–H groups in total. The maximum Gasteiger partial charge on any atom is 0.410 e. The van der Waals surface area contributed by atoms with Crippen LogP contribution in [0, 0.1) is 17.8 Å². The van der Waals surface area contributed by atoms with E-state index in [-0.39, 0.29) is 13.1 Å². The molecule has 2 atom stereocenters. The molecule has 2 amide bonds. The lowest BCUT2D eigenvalue weighted by Crippen LogP contribution is -2.40. The van der Waals surface area contributed by atoms with Crippen molar-refractivity contribution in [1.82, 2.24) is 19.6 Å². The molecule has 0 aliphatic carbocycles. The topological polar surface area (TPSA) is 76.6 Å². The SMILES string of the molecule is CC(C)(C)OC(=O)N1CCN(Cc2ccccc2)CC(F)C1.CC(C)C.CC(C)C.CC(C)C.O=C(O)N1CCN(Cc2ccccc2)CC(F)C1. The van der Waals surface area contributed by atoms with Crippen LogP contribution >= 0.6 is 0 Å². The number of nitrogens with zero attached hydrogens (tertiary/aromatic N) is 4. The molecule has 0 saturated carbocycles. The first-order valence-corrected chi connectivity index (χ1v) is 18.9. The standard InChI is InChI=1S/C17H25FN2O2.C13H17FN2O2.3C4H10/c1-17(2,3)22-16(21)20-10-9-19(12-15(18)13-20)11-14-7-5-4-6-8-14;14-12-9-15(6-7-16(10-12)13(17)18)8-11-4-2-1-3-5-11;3*1-4(2)3/h4-8,15H,9-13H2,1-3H3;1-5,12H,6-10H2,(H,17,18);3*4H,1-3H3. The van der Waals surface area contributed by atoms with Gasteiger partial charge in [-0.2, -0.15) is 0 Å². The molecule has 0 radical (unpaired) electrons. The third-order valence-electron chi connectivity index (χ3n) is 6.54. The molecular weight excluding hydrogens is 662 g/mol. The van der Waals surface area contributed by atoms with Gasteiger partial charge in [0.25, 0.3) is 0 Å². The van der Waals surface area contributed by atoms with Crippen LogP contribution in [-0.4, -0.2) is 107 Å². The highest BCUT2D eigenvalue weighted by Gasteiger charge is 2.29. The van der Waals surface area contributed by atoms with Gasteiger partial charge in [0.15, 0.2) is 0 Å². The fourth-order valence-electron chi connectivity index (χ4n) is 4.68. The van der Waals surface area contributed by atoms with Crippen molar-refractivity contribution in [3.8, 4) is 0 Å².